The molecule has 1 rings (SSSR count). The maximum absolute atomic E-state index is 10.8. The van der Waals surface area contributed by atoms with Crippen molar-refractivity contribution >= 4 is 11.7 Å². The van der Waals surface area contributed by atoms with E-state index in [1.54, 1.807) is 12.1 Å². The average Bonchev–Trinajstić information content (AvgIpc) is 2.26. The predicted octanol–water partition coefficient (Wildman–Crippen LogP) is 0.542. The molecular weight excluding hydrogens is 204 g/mol. The fraction of sp³-hybridized carbons (Fsp3) is 0.455. The lowest BCUT2D eigenvalue weighted by Gasteiger charge is -2.20. The van der Waals surface area contributed by atoms with E-state index in [4.69, 9.17) is 5.73 Å². The van der Waals surface area contributed by atoms with Crippen LogP contribution in [0.1, 0.15) is 17.3 Å². The van der Waals surface area contributed by atoms with Crippen molar-refractivity contribution in [3.8, 4) is 0 Å². The number of carbonyl (C=O) groups excluding carboxylic acids is 1. The van der Waals surface area contributed by atoms with Gasteiger partial charge in [-0.05, 0) is 33.2 Å². The molecule has 16 heavy (non-hydrogen) atoms. The van der Waals surface area contributed by atoms with E-state index >= 15 is 0 Å². The molecule has 0 fully saturated rings. The minimum atomic E-state index is -0.458. The third-order valence-electron chi connectivity index (χ3n) is 2.51. The summed E-state index contributed by atoms with van der Waals surface area (Å²) >= 11 is 0. The Morgan fingerprint density at radius 1 is 1.56 bits per heavy atom. The Labute approximate surface area is 95.7 Å². The van der Waals surface area contributed by atoms with E-state index < -0.39 is 5.91 Å². The van der Waals surface area contributed by atoms with Gasteiger partial charge in [0.1, 0.15) is 5.82 Å². The Morgan fingerprint density at radius 2 is 2.25 bits per heavy atom. The standard InChI is InChI=1S/C11H18N4O/c1-8(15(2)3)6-13-10-5-4-9(7-14-10)11(12)16/h4-5,7-8H,6H2,1-3H3,(H2,12,16)(H,13,14). The molecule has 1 aromatic rings. The number of nitrogens with two attached hydrogens (primary N) is 1. The van der Waals surface area contributed by atoms with Crippen molar-refractivity contribution < 1.29 is 4.79 Å². The van der Waals surface area contributed by atoms with E-state index in [2.05, 4.69) is 22.1 Å². The van der Waals surface area contributed by atoms with Gasteiger partial charge in [0.25, 0.3) is 0 Å². The second kappa shape index (κ2) is 5.46. The van der Waals surface area contributed by atoms with Gasteiger partial charge in [0.15, 0.2) is 0 Å². The predicted molar refractivity (Wildman–Crippen MR) is 64.4 cm³/mol. The van der Waals surface area contributed by atoms with Crippen LogP contribution in [0.25, 0.3) is 0 Å². The van der Waals surface area contributed by atoms with Gasteiger partial charge in [0.2, 0.25) is 5.91 Å². The van der Waals surface area contributed by atoms with E-state index in [9.17, 15) is 4.79 Å². The number of anilines is 1. The molecule has 0 saturated carbocycles. The van der Waals surface area contributed by atoms with Gasteiger partial charge in [-0.2, -0.15) is 0 Å². The number of hydrogen-bond acceptors (Lipinski definition) is 4. The highest BCUT2D eigenvalue weighted by Crippen LogP contribution is 2.05. The van der Waals surface area contributed by atoms with Gasteiger partial charge in [0, 0.05) is 18.8 Å². The van der Waals surface area contributed by atoms with Crippen molar-refractivity contribution in [1.29, 1.82) is 0 Å². The van der Waals surface area contributed by atoms with Crippen LogP contribution in [0, 0.1) is 0 Å². The number of rotatable bonds is 5. The van der Waals surface area contributed by atoms with Crippen molar-refractivity contribution in [3.63, 3.8) is 0 Å². The smallest absolute Gasteiger partial charge is 0.250 e. The largest absolute Gasteiger partial charge is 0.369 e. The molecule has 1 aromatic heterocycles. The van der Waals surface area contributed by atoms with Gasteiger partial charge >= 0.3 is 0 Å². The molecule has 0 spiro atoms. The van der Waals surface area contributed by atoms with Crippen LogP contribution in [0.2, 0.25) is 0 Å². The highest BCUT2D eigenvalue weighted by molar-refractivity contribution is 5.92. The summed E-state index contributed by atoms with van der Waals surface area (Å²) in [5.74, 6) is 0.291. The zero-order valence-corrected chi connectivity index (χ0v) is 9.90. The minimum Gasteiger partial charge on any atom is -0.369 e. The van der Waals surface area contributed by atoms with Crippen LogP contribution in [0.3, 0.4) is 0 Å². The topological polar surface area (TPSA) is 71.2 Å². The molecule has 0 aliphatic heterocycles. The molecule has 0 aromatic carbocycles. The molecule has 1 atom stereocenters. The van der Waals surface area contributed by atoms with Crippen LogP contribution in [0.15, 0.2) is 18.3 Å². The average molecular weight is 222 g/mol. The Morgan fingerprint density at radius 3 is 2.69 bits per heavy atom. The SMILES string of the molecule is CC(CNc1ccc(C(N)=O)cn1)N(C)C. The highest BCUT2D eigenvalue weighted by Gasteiger charge is 2.05. The molecule has 1 unspecified atom stereocenters. The first-order valence-corrected chi connectivity index (χ1v) is 5.17. The van der Waals surface area contributed by atoms with Crippen molar-refractivity contribution in [2.75, 3.05) is 26.0 Å². The Balaban J connectivity index is 2.53. The third kappa shape index (κ3) is 3.51. The molecule has 0 aliphatic carbocycles. The molecule has 0 radical (unpaired) electrons. The summed E-state index contributed by atoms with van der Waals surface area (Å²) in [6, 6.07) is 3.83. The lowest BCUT2D eigenvalue weighted by Crippen LogP contribution is -2.31. The Kier molecular flexibility index (Phi) is 4.25. The number of nitrogens with one attached hydrogen (secondary N) is 1. The number of hydrogen-bond donors (Lipinski definition) is 2. The van der Waals surface area contributed by atoms with Gasteiger partial charge in [-0.1, -0.05) is 0 Å². The summed E-state index contributed by atoms with van der Waals surface area (Å²) in [6.07, 6.45) is 1.48. The molecule has 3 N–H and O–H groups in total. The monoisotopic (exact) mass is 222 g/mol. The van der Waals surface area contributed by atoms with Gasteiger partial charge < -0.3 is 16.0 Å². The second-order valence-corrected chi connectivity index (χ2v) is 3.99. The molecule has 1 amide bonds. The van der Waals surface area contributed by atoms with E-state index in [0.29, 0.717) is 11.6 Å². The quantitative estimate of drug-likeness (QED) is 0.763. The first kappa shape index (κ1) is 12.4. The molecule has 0 bridgehead atoms. The van der Waals surface area contributed by atoms with Gasteiger partial charge in [-0.3, -0.25) is 4.79 Å². The zero-order chi connectivity index (χ0) is 12.1. The lowest BCUT2D eigenvalue weighted by molar-refractivity contribution is 0.1000. The third-order valence-corrected chi connectivity index (χ3v) is 2.51. The molecule has 5 nitrogen and oxygen atoms in total. The number of primary amides is 1. The summed E-state index contributed by atoms with van der Waals surface area (Å²) < 4.78 is 0. The van der Waals surface area contributed by atoms with Gasteiger partial charge in [-0.15, -0.1) is 0 Å². The Hall–Kier alpha value is -1.62. The maximum Gasteiger partial charge on any atom is 0.250 e. The summed E-state index contributed by atoms with van der Waals surface area (Å²) in [7, 11) is 4.05. The van der Waals surface area contributed by atoms with Crippen LogP contribution in [-0.4, -0.2) is 42.5 Å². The van der Waals surface area contributed by atoms with E-state index in [-0.39, 0.29) is 0 Å². The molecule has 5 heteroatoms. The molecular formula is C11H18N4O. The number of aromatic nitrogens is 1. The van der Waals surface area contributed by atoms with Crippen LogP contribution >= 0.6 is 0 Å². The van der Waals surface area contributed by atoms with Crippen LogP contribution in [0.5, 0.6) is 0 Å². The van der Waals surface area contributed by atoms with E-state index in [0.717, 1.165) is 12.4 Å². The number of amides is 1. The van der Waals surface area contributed by atoms with Gasteiger partial charge in [0.05, 0.1) is 5.56 Å². The van der Waals surface area contributed by atoms with Crippen LogP contribution in [0.4, 0.5) is 5.82 Å². The summed E-state index contributed by atoms with van der Waals surface area (Å²) in [5, 5.41) is 3.19. The molecule has 0 aliphatic rings. The minimum absolute atomic E-state index is 0.414. The second-order valence-electron chi connectivity index (χ2n) is 3.99. The first-order valence-electron chi connectivity index (χ1n) is 5.17. The number of likely N-dealkylation sites (N-methyl/N-ethyl adjacent to an activating group) is 1. The molecule has 1 heterocycles. The van der Waals surface area contributed by atoms with Crippen molar-refractivity contribution in [1.82, 2.24) is 9.88 Å². The van der Waals surface area contributed by atoms with E-state index in [1.807, 2.05) is 14.1 Å². The van der Waals surface area contributed by atoms with Crippen molar-refractivity contribution in [3.05, 3.63) is 23.9 Å². The fourth-order valence-corrected chi connectivity index (χ4v) is 1.08. The summed E-state index contributed by atoms with van der Waals surface area (Å²) in [4.78, 5) is 17.0. The van der Waals surface area contributed by atoms with E-state index in [1.165, 1.54) is 6.20 Å². The fourth-order valence-electron chi connectivity index (χ4n) is 1.08. The van der Waals surface area contributed by atoms with Crippen molar-refractivity contribution in [2.24, 2.45) is 5.73 Å². The highest BCUT2D eigenvalue weighted by atomic mass is 16.1. The molecule has 0 saturated heterocycles. The van der Waals surface area contributed by atoms with Crippen LogP contribution < -0.4 is 11.1 Å². The zero-order valence-electron chi connectivity index (χ0n) is 9.90. The lowest BCUT2D eigenvalue weighted by atomic mass is 10.2. The number of carbonyl (C=O) groups is 1. The van der Waals surface area contributed by atoms with Crippen molar-refractivity contribution in [2.45, 2.75) is 13.0 Å². The maximum atomic E-state index is 10.8. The summed E-state index contributed by atoms with van der Waals surface area (Å²) in [5.41, 5.74) is 5.54. The van der Waals surface area contributed by atoms with Crippen LogP contribution in [-0.2, 0) is 0 Å². The summed E-state index contributed by atoms with van der Waals surface area (Å²) in [6.45, 7) is 2.92. The number of nitrogens with zero attached hydrogens (tertiary/aromatic N) is 2. The Bertz CT molecular complexity index is 348. The first-order chi connectivity index (χ1) is 7.50. The molecule has 88 valence electrons. The normalized spacial score (nSPS) is 12.5. The number of pyridine rings is 1. The van der Waals surface area contributed by atoms with Gasteiger partial charge in [-0.25, -0.2) is 4.98 Å².